The lowest BCUT2D eigenvalue weighted by molar-refractivity contribution is -0.137. The predicted molar refractivity (Wildman–Crippen MR) is 65.8 cm³/mol. The molecule has 0 aliphatic carbocycles. The molecular weight excluding hydrogens is 291 g/mol. The van der Waals surface area contributed by atoms with Crippen molar-refractivity contribution in [2.45, 2.75) is 12.6 Å². The molecule has 2 aromatic rings. The monoisotopic (exact) mass is 300 g/mol. The van der Waals surface area contributed by atoms with Crippen molar-refractivity contribution in [3.63, 3.8) is 0 Å². The van der Waals surface area contributed by atoms with Gasteiger partial charge in [0.25, 0.3) is 0 Å². The van der Waals surface area contributed by atoms with Crippen molar-refractivity contribution < 1.29 is 26.7 Å². The SMILES string of the molecule is O=C(Cc1cccc(F)c1)c1cc(C(F)(F)F)ccc1F. The summed E-state index contributed by atoms with van der Waals surface area (Å²) in [5.41, 5.74) is -1.50. The molecule has 0 spiro atoms. The van der Waals surface area contributed by atoms with Gasteiger partial charge in [0, 0.05) is 6.42 Å². The van der Waals surface area contributed by atoms with Crippen molar-refractivity contribution in [2.75, 3.05) is 0 Å². The quantitative estimate of drug-likeness (QED) is 0.606. The molecule has 0 radical (unpaired) electrons. The lowest BCUT2D eigenvalue weighted by Gasteiger charge is -2.09. The zero-order valence-corrected chi connectivity index (χ0v) is 10.5. The summed E-state index contributed by atoms with van der Waals surface area (Å²) < 4.78 is 64.2. The van der Waals surface area contributed by atoms with Crippen LogP contribution in [0.1, 0.15) is 21.5 Å². The van der Waals surface area contributed by atoms with Crippen LogP contribution in [0.4, 0.5) is 22.0 Å². The van der Waals surface area contributed by atoms with Gasteiger partial charge in [0.1, 0.15) is 11.6 Å². The second-order valence-electron chi connectivity index (χ2n) is 4.42. The van der Waals surface area contributed by atoms with Crippen LogP contribution in [0.3, 0.4) is 0 Å². The smallest absolute Gasteiger partial charge is 0.294 e. The van der Waals surface area contributed by atoms with E-state index in [0.29, 0.717) is 18.2 Å². The van der Waals surface area contributed by atoms with E-state index >= 15 is 0 Å². The Hall–Kier alpha value is -2.24. The minimum Gasteiger partial charge on any atom is -0.294 e. The highest BCUT2D eigenvalue weighted by Gasteiger charge is 2.31. The van der Waals surface area contributed by atoms with Crippen LogP contribution in [-0.2, 0) is 12.6 Å². The molecule has 0 bridgehead atoms. The summed E-state index contributed by atoms with van der Waals surface area (Å²) >= 11 is 0. The summed E-state index contributed by atoms with van der Waals surface area (Å²) in [6.07, 6.45) is -5.04. The van der Waals surface area contributed by atoms with Crippen LogP contribution in [0.5, 0.6) is 0 Å². The molecule has 1 nitrogen and oxygen atoms in total. The van der Waals surface area contributed by atoms with Crippen LogP contribution in [0.25, 0.3) is 0 Å². The largest absolute Gasteiger partial charge is 0.416 e. The first-order chi connectivity index (χ1) is 9.77. The molecule has 2 aromatic carbocycles. The minimum atomic E-state index is -4.67. The van der Waals surface area contributed by atoms with Gasteiger partial charge >= 0.3 is 6.18 Å². The average molecular weight is 300 g/mol. The zero-order valence-electron chi connectivity index (χ0n) is 10.5. The van der Waals surface area contributed by atoms with E-state index in [9.17, 15) is 26.7 Å². The Morgan fingerprint density at radius 1 is 1.00 bits per heavy atom. The number of halogens is 5. The number of alkyl halides is 3. The first-order valence-electron chi connectivity index (χ1n) is 5.92. The summed E-state index contributed by atoms with van der Waals surface area (Å²) in [6, 6.07) is 6.67. The maximum Gasteiger partial charge on any atom is 0.416 e. The molecule has 6 heteroatoms. The Bertz CT molecular complexity index is 676. The van der Waals surface area contributed by atoms with Gasteiger partial charge in [-0.25, -0.2) is 8.78 Å². The van der Waals surface area contributed by atoms with Crippen LogP contribution in [0, 0.1) is 11.6 Å². The van der Waals surface area contributed by atoms with Crippen molar-refractivity contribution in [2.24, 2.45) is 0 Å². The minimum absolute atomic E-state index is 0.261. The first kappa shape index (κ1) is 15.2. The molecule has 0 saturated heterocycles. The Kier molecular flexibility index (Phi) is 4.06. The van der Waals surface area contributed by atoms with Gasteiger partial charge in [0.05, 0.1) is 11.1 Å². The number of carbonyl (C=O) groups excluding carboxylic acids is 1. The van der Waals surface area contributed by atoms with Gasteiger partial charge in [-0.2, -0.15) is 13.2 Å². The molecule has 0 aliphatic heterocycles. The van der Waals surface area contributed by atoms with E-state index in [-0.39, 0.29) is 12.0 Å². The number of Topliss-reactive ketones (excluding diaryl/α,β-unsaturated/α-hetero) is 1. The van der Waals surface area contributed by atoms with E-state index in [1.807, 2.05) is 0 Å². The van der Waals surface area contributed by atoms with Crippen LogP contribution < -0.4 is 0 Å². The van der Waals surface area contributed by atoms with Gasteiger partial charge in [-0.15, -0.1) is 0 Å². The standard InChI is InChI=1S/C15H9F5O/c16-11-3-1-2-9(6-11)7-14(21)12-8-10(15(18,19)20)4-5-13(12)17/h1-6,8H,7H2. The number of benzene rings is 2. The Morgan fingerprint density at radius 2 is 1.71 bits per heavy atom. The van der Waals surface area contributed by atoms with Crippen molar-refractivity contribution >= 4 is 5.78 Å². The third-order valence-corrected chi connectivity index (χ3v) is 2.85. The summed E-state index contributed by atoms with van der Waals surface area (Å²) in [5, 5.41) is 0. The molecule has 0 saturated carbocycles. The molecule has 0 aromatic heterocycles. The lowest BCUT2D eigenvalue weighted by Crippen LogP contribution is -2.11. The fourth-order valence-electron chi connectivity index (χ4n) is 1.84. The third kappa shape index (κ3) is 3.65. The van der Waals surface area contributed by atoms with E-state index in [1.54, 1.807) is 0 Å². The number of hydrogen-bond acceptors (Lipinski definition) is 1. The fourth-order valence-corrected chi connectivity index (χ4v) is 1.84. The fraction of sp³-hybridized carbons (Fsp3) is 0.133. The van der Waals surface area contributed by atoms with Crippen LogP contribution in [-0.4, -0.2) is 5.78 Å². The molecular formula is C15H9F5O. The first-order valence-corrected chi connectivity index (χ1v) is 5.92. The normalized spacial score (nSPS) is 11.5. The van der Waals surface area contributed by atoms with Gasteiger partial charge in [-0.3, -0.25) is 4.79 Å². The van der Waals surface area contributed by atoms with Gasteiger partial charge in [-0.1, -0.05) is 12.1 Å². The van der Waals surface area contributed by atoms with E-state index in [0.717, 1.165) is 6.07 Å². The molecule has 0 N–H and O–H groups in total. The van der Waals surface area contributed by atoms with Crippen molar-refractivity contribution in [3.05, 3.63) is 70.8 Å². The van der Waals surface area contributed by atoms with Gasteiger partial charge in [-0.05, 0) is 35.9 Å². The second-order valence-corrected chi connectivity index (χ2v) is 4.42. The maximum atomic E-state index is 13.5. The van der Waals surface area contributed by atoms with Crippen LogP contribution in [0.15, 0.2) is 42.5 Å². The molecule has 0 fully saturated rings. The Balaban J connectivity index is 2.31. The molecule has 0 aliphatic rings. The Morgan fingerprint density at radius 3 is 2.33 bits per heavy atom. The second kappa shape index (κ2) is 5.63. The highest BCUT2D eigenvalue weighted by molar-refractivity contribution is 5.97. The van der Waals surface area contributed by atoms with Crippen molar-refractivity contribution in [1.82, 2.24) is 0 Å². The van der Waals surface area contributed by atoms with Gasteiger partial charge in [0.15, 0.2) is 5.78 Å². The number of hydrogen-bond donors (Lipinski definition) is 0. The molecule has 21 heavy (non-hydrogen) atoms. The third-order valence-electron chi connectivity index (χ3n) is 2.85. The number of rotatable bonds is 3. The molecule has 0 unspecified atom stereocenters. The summed E-state index contributed by atoms with van der Waals surface area (Å²) in [4.78, 5) is 11.9. The summed E-state index contributed by atoms with van der Waals surface area (Å²) in [7, 11) is 0. The maximum absolute atomic E-state index is 13.5. The molecule has 0 amide bonds. The van der Waals surface area contributed by atoms with Gasteiger partial charge in [0.2, 0.25) is 0 Å². The van der Waals surface area contributed by atoms with Crippen molar-refractivity contribution in [1.29, 1.82) is 0 Å². The number of ketones is 1. The molecule has 0 atom stereocenters. The predicted octanol–water partition coefficient (Wildman–Crippen LogP) is 4.41. The number of carbonyl (C=O) groups is 1. The van der Waals surface area contributed by atoms with E-state index in [4.69, 9.17) is 0 Å². The lowest BCUT2D eigenvalue weighted by atomic mass is 10.0. The van der Waals surface area contributed by atoms with E-state index in [2.05, 4.69) is 0 Å². The molecule has 2 rings (SSSR count). The van der Waals surface area contributed by atoms with E-state index < -0.39 is 34.7 Å². The average Bonchev–Trinajstić information content (AvgIpc) is 2.37. The van der Waals surface area contributed by atoms with E-state index in [1.165, 1.54) is 18.2 Å². The highest BCUT2D eigenvalue weighted by Crippen LogP contribution is 2.30. The zero-order chi connectivity index (χ0) is 15.6. The van der Waals surface area contributed by atoms with Gasteiger partial charge < -0.3 is 0 Å². The van der Waals surface area contributed by atoms with Crippen molar-refractivity contribution in [3.8, 4) is 0 Å². The topological polar surface area (TPSA) is 17.1 Å². The summed E-state index contributed by atoms with van der Waals surface area (Å²) in [5.74, 6) is -2.46. The van der Waals surface area contributed by atoms with Crippen LogP contribution in [0.2, 0.25) is 0 Å². The van der Waals surface area contributed by atoms with Crippen LogP contribution >= 0.6 is 0 Å². The molecule has 110 valence electrons. The molecule has 0 heterocycles. The Labute approximate surface area is 117 Å². The summed E-state index contributed by atoms with van der Waals surface area (Å²) in [6.45, 7) is 0. The highest BCUT2D eigenvalue weighted by atomic mass is 19.4.